The number of carbonyl (C=O) groups is 3. The number of rotatable bonds is 4. The van der Waals surface area contributed by atoms with Crippen molar-refractivity contribution < 1.29 is 29.0 Å². The second-order valence-corrected chi connectivity index (χ2v) is 2.43. The Bertz CT molecular complexity index is 195. The highest BCUT2D eigenvalue weighted by Gasteiger charge is 1.94. The minimum atomic E-state index is -0.745. The normalized spacial score (nSPS) is 8.20. The van der Waals surface area contributed by atoms with Crippen molar-refractivity contribution in [2.75, 3.05) is 13.2 Å². The van der Waals surface area contributed by atoms with Crippen molar-refractivity contribution in [3.05, 3.63) is 0 Å². The summed E-state index contributed by atoms with van der Waals surface area (Å²) in [6.45, 7) is 4.47. The van der Waals surface area contributed by atoms with Gasteiger partial charge in [-0.3, -0.25) is 14.4 Å². The summed E-state index contributed by atoms with van der Waals surface area (Å²) in [4.78, 5) is 29.6. The van der Waals surface area contributed by atoms with Crippen molar-refractivity contribution in [3.63, 3.8) is 0 Å². The number of hydrogen-bond acceptors (Lipinski definition) is 5. The second-order valence-electron chi connectivity index (χ2n) is 2.43. The zero-order valence-corrected chi connectivity index (χ0v) is 9.11. The SMILES string of the molecule is CC(=O)OCCOC(C)=O.CCC(=O)O. The molecule has 0 aromatic carbocycles. The van der Waals surface area contributed by atoms with E-state index in [1.807, 2.05) is 0 Å². The average Bonchev–Trinajstić information content (AvgIpc) is 2.13. The Morgan fingerprint density at radius 1 is 1.00 bits per heavy atom. The molecule has 0 heterocycles. The molecule has 0 bridgehead atoms. The first-order valence-electron chi connectivity index (χ1n) is 4.38. The molecule has 0 saturated carbocycles. The fraction of sp³-hybridized carbons (Fsp3) is 0.667. The van der Waals surface area contributed by atoms with E-state index in [-0.39, 0.29) is 31.6 Å². The summed E-state index contributed by atoms with van der Waals surface area (Å²) in [5.74, 6) is -1.48. The van der Waals surface area contributed by atoms with Crippen LogP contribution in [0.15, 0.2) is 0 Å². The number of carbonyl (C=O) groups excluding carboxylic acids is 2. The lowest BCUT2D eigenvalue weighted by Gasteiger charge is -2.00. The standard InChI is InChI=1S/C6H10O4.C3H6O2/c1-5(7)9-3-4-10-6(2)8;1-2-3(4)5/h3-4H2,1-2H3;2H2,1H3,(H,4,5). The first-order chi connectivity index (χ1) is 6.90. The number of aliphatic carboxylic acids is 1. The predicted octanol–water partition coefficient (Wildman–Crippen LogP) is 0.594. The van der Waals surface area contributed by atoms with E-state index in [2.05, 4.69) is 9.47 Å². The highest BCUT2D eigenvalue weighted by molar-refractivity contribution is 5.66. The summed E-state index contributed by atoms with van der Waals surface area (Å²) in [5.41, 5.74) is 0. The maximum Gasteiger partial charge on any atom is 0.303 e. The van der Waals surface area contributed by atoms with E-state index in [1.54, 1.807) is 6.92 Å². The third-order valence-electron chi connectivity index (χ3n) is 0.996. The van der Waals surface area contributed by atoms with Crippen LogP contribution in [0.1, 0.15) is 27.2 Å². The maximum absolute atomic E-state index is 10.1. The van der Waals surface area contributed by atoms with Crippen LogP contribution >= 0.6 is 0 Å². The van der Waals surface area contributed by atoms with Crippen molar-refractivity contribution in [1.82, 2.24) is 0 Å². The van der Waals surface area contributed by atoms with E-state index in [0.717, 1.165) is 0 Å². The monoisotopic (exact) mass is 220 g/mol. The number of carboxylic acids is 1. The van der Waals surface area contributed by atoms with Gasteiger partial charge in [-0.2, -0.15) is 0 Å². The molecular weight excluding hydrogens is 204 g/mol. The Morgan fingerprint density at radius 3 is 1.40 bits per heavy atom. The summed E-state index contributed by atoms with van der Waals surface area (Å²) in [5, 5.41) is 7.72. The minimum Gasteiger partial charge on any atom is -0.481 e. The molecule has 88 valence electrons. The summed E-state index contributed by atoms with van der Waals surface area (Å²) < 4.78 is 8.95. The van der Waals surface area contributed by atoms with Gasteiger partial charge in [0, 0.05) is 20.3 Å². The van der Waals surface area contributed by atoms with Crippen LogP contribution in [-0.2, 0) is 23.9 Å². The molecule has 0 radical (unpaired) electrons. The van der Waals surface area contributed by atoms with Crippen LogP contribution in [0, 0.1) is 0 Å². The van der Waals surface area contributed by atoms with Gasteiger partial charge in [0.1, 0.15) is 13.2 Å². The van der Waals surface area contributed by atoms with Crippen molar-refractivity contribution in [2.24, 2.45) is 0 Å². The zero-order valence-electron chi connectivity index (χ0n) is 9.11. The Hall–Kier alpha value is -1.59. The Balaban J connectivity index is 0. The van der Waals surface area contributed by atoms with Crippen LogP contribution in [0.5, 0.6) is 0 Å². The van der Waals surface area contributed by atoms with Crippen LogP contribution in [0.2, 0.25) is 0 Å². The molecule has 0 aliphatic heterocycles. The van der Waals surface area contributed by atoms with E-state index in [0.29, 0.717) is 0 Å². The van der Waals surface area contributed by atoms with Gasteiger partial charge in [0.05, 0.1) is 0 Å². The maximum atomic E-state index is 10.1. The lowest BCUT2D eigenvalue weighted by molar-refractivity contribution is -0.149. The van der Waals surface area contributed by atoms with Crippen molar-refractivity contribution in [2.45, 2.75) is 27.2 Å². The van der Waals surface area contributed by atoms with Crippen LogP contribution < -0.4 is 0 Å². The van der Waals surface area contributed by atoms with Gasteiger partial charge in [0.25, 0.3) is 0 Å². The van der Waals surface area contributed by atoms with Gasteiger partial charge in [0.15, 0.2) is 0 Å². The lowest BCUT2D eigenvalue weighted by Crippen LogP contribution is -2.09. The number of ether oxygens (including phenoxy) is 2. The van der Waals surface area contributed by atoms with E-state index in [4.69, 9.17) is 5.11 Å². The number of carboxylic acid groups (broad SMARTS) is 1. The third kappa shape index (κ3) is 24.5. The molecule has 1 N–H and O–H groups in total. The van der Waals surface area contributed by atoms with E-state index >= 15 is 0 Å². The van der Waals surface area contributed by atoms with Crippen molar-refractivity contribution in [3.8, 4) is 0 Å². The van der Waals surface area contributed by atoms with Crippen molar-refractivity contribution >= 4 is 17.9 Å². The van der Waals surface area contributed by atoms with Gasteiger partial charge >= 0.3 is 17.9 Å². The molecule has 0 atom stereocenters. The molecule has 0 rings (SSSR count). The quantitative estimate of drug-likeness (QED) is 0.551. The third-order valence-corrected chi connectivity index (χ3v) is 0.996. The average molecular weight is 220 g/mol. The van der Waals surface area contributed by atoms with E-state index in [1.165, 1.54) is 13.8 Å². The smallest absolute Gasteiger partial charge is 0.303 e. The van der Waals surface area contributed by atoms with E-state index in [9.17, 15) is 14.4 Å². The summed E-state index contributed by atoms with van der Waals surface area (Å²) >= 11 is 0. The molecule has 0 aliphatic carbocycles. The Labute approximate surface area is 88.2 Å². The second kappa shape index (κ2) is 10.5. The number of hydrogen-bond donors (Lipinski definition) is 1. The van der Waals surface area contributed by atoms with Gasteiger partial charge in [-0.25, -0.2) is 0 Å². The molecule has 0 aromatic rings. The van der Waals surface area contributed by atoms with Gasteiger partial charge in [0.2, 0.25) is 0 Å². The summed E-state index contributed by atoms with van der Waals surface area (Å²) in [6.07, 6.45) is 0.222. The minimum absolute atomic E-state index is 0.134. The molecule has 0 saturated heterocycles. The molecule has 0 spiro atoms. The lowest BCUT2D eigenvalue weighted by atomic mass is 10.5. The summed E-state index contributed by atoms with van der Waals surface area (Å²) in [6, 6.07) is 0. The highest BCUT2D eigenvalue weighted by Crippen LogP contribution is 1.79. The molecule has 0 aliphatic rings. The van der Waals surface area contributed by atoms with Crippen molar-refractivity contribution in [1.29, 1.82) is 0 Å². The first kappa shape index (κ1) is 15.9. The molecule has 6 heteroatoms. The van der Waals surface area contributed by atoms with E-state index < -0.39 is 5.97 Å². The zero-order chi connectivity index (χ0) is 12.3. The molecule has 15 heavy (non-hydrogen) atoms. The largest absolute Gasteiger partial charge is 0.481 e. The Kier molecular flexibility index (Phi) is 11.1. The first-order valence-corrected chi connectivity index (χ1v) is 4.38. The molecule has 0 unspecified atom stereocenters. The van der Waals surface area contributed by atoms with Crippen LogP contribution in [-0.4, -0.2) is 36.2 Å². The van der Waals surface area contributed by atoms with Gasteiger partial charge in [-0.15, -0.1) is 0 Å². The fourth-order valence-corrected chi connectivity index (χ4v) is 0.371. The van der Waals surface area contributed by atoms with Gasteiger partial charge in [-0.1, -0.05) is 6.92 Å². The van der Waals surface area contributed by atoms with Crippen LogP contribution in [0.4, 0.5) is 0 Å². The summed E-state index contributed by atoms with van der Waals surface area (Å²) in [7, 11) is 0. The number of esters is 2. The molecule has 0 fully saturated rings. The topological polar surface area (TPSA) is 89.9 Å². The molecule has 0 aromatic heterocycles. The molecule has 0 amide bonds. The highest BCUT2D eigenvalue weighted by atomic mass is 16.6. The van der Waals surface area contributed by atoms with Crippen LogP contribution in [0.3, 0.4) is 0 Å². The molecule has 6 nitrogen and oxygen atoms in total. The molecular formula is C9H16O6. The Morgan fingerprint density at radius 2 is 1.27 bits per heavy atom. The fourth-order valence-electron chi connectivity index (χ4n) is 0.371. The van der Waals surface area contributed by atoms with Crippen LogP contribution in [0.25, 0.3) is 0 Å². The van der Waals surface area contributed by atoms with Gasteiger partial charge < -0.3 is 14.6 Å². The van der Waals surface area contributed by atoms with Gasteiger partial charge in [-0.05, 0) is 0 Å². The predicted molar refractivity (Wildman–Crippen MR) is 51.2 cm³/mol.